The van der Waals surface area contributed by atoms with Crippen LogP contribution in [0.3, 0.4) is 0 Å². The van der Waals surface area contributed by atoms with Crippen molar-refractivity contribution in [2.24, 2.45) is 0 Å². The molecule has 0 bridgehead atoms. The molecule has 0 unspecified atom stereocenters. The Kier molecular flexibility index (Phi) is 5.84. The standard InChI is InChI=1S/C16H24ClN3O3/c1-16(2)11-20(14-5-6-18-7-13(14)17)8-12(23-16)9-22-10-15(21)19(3)4/h5-7,12H,8-11H2,1-4H3/t12-/m1/s1. The maximum atomic E-state index is 11.6. The van der Waals surface area contributed by atoms with Crippen molar-refractivity contribution < 1.29 is 14.3 Å². The van der Waals surface area contributed by atoms with Crippen LogP contribution in [0.15, 0.2) is 18.5 Å². The van der Waals surface area contributed by atoms with Crippen LogP contribution < -0.4 is 4.90 Å². The van der Waals surface area contributed by atoms with Gasteiger partial charge in [0, 0.05) is 39.6 Å². The molecule has 0 spiro atoms. The van der Waals surface area contributed by atoms with Gasteiger partial charge in [0.05, 0.1) is 29.0 Å². The van der Waals surface area contributed by atoms with Crippen molar-refractivity contribution in [2.75, 3.05) is 45.3 Å². The minimum absolute atomic E-state index is 0.0588. The first-order valence-corrected chi connectivity index (χ1v) is 7.96. The Morgan fingerprint density at radius 1 is 1.57 bits per heavy atom. The highest BCUT2D eigenvalue weighted by atomic mass is 35.5. The van der Waals surface area contributed by atoms with E-state index in [0.717, 1.165) is 12.2 Å². The molecule has 128 valence electrons. The summed E-state index contributed by atoms with van der Waals surface area (Å²) in [6.45, 7) is 5.87. The Labute approximate surface area is 142 Å². The quantitative estimate of drug-likeness (QED) is 0.817. The number of carbonyl (C=O) groups excluding carboxylic acids is 1. The Balaban J connectivity index is 1.99. The van der Waals surface area contributed by atoms with Gasteiger partial charge in [-0.25, -0.2) is 0 Å². The number of morpholine rings is 1. The fraction of sp³-hybridized carbons (Fsp3) is 0.625. The number of nitrogens with zero attached hydrogens (tertiary/aromatic N) is 3. The summed E-state index contributed by atoms with van der Waals surface area (Å²) in [6.07, 6.45) is 3.24. The smallest absolute Gasteiger partial charge is 0.248 e. The fourth-order valence-corrected chi connectivity index (χ4v) is 2.84. The molecule has 7 heteroatoms. The Morgan fingerprint density at radius 2 is 2.30 bits per heavy atom. The fourth-order valence-electron chi connectivity index (χ4n) is 2.60. The van der Waals surface area contributed by atoms with Crippen LogP contribution in [0.2, 0.25) is 5.02 Å². The van der Waals surface area contributed by atoms with Crippen LogP contribution in [0.25, 0.3) is 0 Å². The summed E-state index contributed by atoms with van der Waals surface area (Å²) < 4.78 is 11.6. The highest BCUT2D eigenvalue weighted by molar-refractivity contribution is 6.33. The molecule has 0 aromatic carbocycles. The summed E-state index contributed by atoms with van der Waals surface area (Å²) in [5.74, 6) is -0.0610. The van der Waals surface area contributed by atoms with Gasteiger partial charge < -0.3 is 19.3 Å². The van der Waals surface area contributed by atoms with Crippen molar-refractivity contribution in [3.8, 4) is 0 Å². The Hall–Kier alpha value is -1.37. The molecular weight excluding hydrogens is 318 g/mol. The number of aromatic nitrogens is 1. The molecule has 1 fully saturated rings. The second kappa shape index (κ2) is 7.47. The van der Waals surface area contributed by atoms with Crippen LogP contribution in [-0.4, -0.2) is 67.9 Å². The number of amides is 1. The molecule has 6 nitrogen and oxygen atoms in total. The first kappa shape index (κ1) is 18.0. The summed E-state index contributed by atoms with van der Waals surface area (Å²) in [7, 11) is 3.41. The van der Waals surface area contributed by atoms with E-state index in [4.69, 9.17) is 21.1 Å². The van der Waals surface area contributed by atoms with E-state index < -0.39 is 0 Å². The minimum atomic E-state index is -0.329. The molecule has 1 aromatic heterocycles. The van der Waals surface area contributed by atoms with E-state index in [-0.39, 0.29) is 24.2 Å². The van der Waals surface area contributed by atoms with Crippen LogP contribution in [0, 0.1) is 0 Å². The van der Waals surface area contributed by atoms with Gasteiger partial charge >= 0.3 is 0 Å². The first-order valence-electron chi connectivity index (χ1n) is 7.59. The topological polar surface area (TPSA) is 54.9 Å². The van der Waals surface area contributed by atoms with Gasteiger partial charge in [0.25, 0.3) is 0 Å². The van der Waals surface area contributed by atoms with E-state index in [0.29, 0.717) is 18.2 Å². The number of rotatable bonds is 5. The van der Waals surface area contributed by atoms with E-state index >= 15 is 0 Å². The van der Waals surface area contributed by atoms with Gasteiger partial charge in [0.1, 0.15) is 6.61 Å². The zero-order chi connectivity index (χ0) is 17.0. The molecule has 1 aromatic rings. The third-order valence-corrected chi connectivity index (χ3v) is 3.89. The lowest BCUT2D eigenvalue weighted by atomic mass is 10.0. The van der Waals surface area contributed by atoms with Crippen LogP contribution in [-0.2, 0) is 14.3 Å². The molecule has 2 rings (SSSR count). The molecular formula is C16H24ClN3O3. The van der Waals surface area contributed by atoms with Crippen molar-refractivity contribution in [2.45, 2.75) is 25.6 Å². The first-order chi connectivity index (χ1) is 10.8. The highest BCUT2D eigenvalue weighted by Crippen LogP contribution is 2.30. The summed E-state index contributed by atoms with van der Waals surface area (Å²) in [4.78, 5) is 19.3. The van der Waals surface area contributed by atoms with Crippen LogP contribution in [0.5, 0.6) is 0 Å². The van der Waals surface area contributed by atoms with Crippen LogP contribution >= 0.6 is 11.6 Å². The molecule has 0 radical (unpaired) electrons. The molecule has 1 amide bonds. The van der Waals surface area contributed by atoms with Gasteiger partial charge in [0.2, 0.25) is 5.91 Å². The summed E-state index contributed by atoms with van der Waals surface area (Å²) in [5.41, 5.74) is 0.608. The lowest BCUT2D eigenvalue weighted by molar-refractivity contribution is -0.139. The lowest BCUT2D eigenvalue weighted by Crippen LogP contribution is -2.54. The molecule has 0 aliphatic carbocycles. The van der Waals surface area contributed by atoms with Crippen LogP contribution in [0.4, 0.5) is 5.69 Å². The normalized spacial score (nSPS) is 20.4. The molecule has 0 saturated carbocycles. The Morgan fingerprint density at radius 3 is 2.96 bits per heavy atom. The average Bonchev–Trinajstić information content (AvgIpc) is 2.45. The van der Waals surface area contributed by atoms with Gasteiger partial charge in [-0.05, 0) is 19.9 Å². The average molecular weight is 342 g/mol. The van der Waals surface area contributed by atoms with Crippen molar-refractivity contribution in [3.05, 3.63) is 23.5 Å². The second-order valence-corrected chi connectivity index (χ2v) is 6.92. The number of likely N-dealkylation sites (N-methyl/N-ethyl adjacent to an activating group) is 1. The van der Waals surface area contributed by atoms with Crippen molar-refractivity contribution in [1.82, 2.24) is 9.88 Å². The molecule has 0 N–H and O–H groups in total. The molecule has 1 aliphatic rings. The number of hydrogen-bond donors (Lipinski definition) is 0. The number of anilines is 1. The van der Waals surface area contributed by atoms with Gasteiger partial charge in [-0.1, -0.05) is 11.6 Å². The van der Waals surface area contributed by atoms with Crippen LogP contribution in [0.1, 0.15) is 13.8 Å². The minimum Gasteiger partial charge on any atom is -0.369 e. The largest absolute Gasteiger partial charge is 0.369 e. The number of pyridine rings is 1. The highest BCUT2D eigenvalue weighted by Gasteiger charge is 2.34. The van der Waals surface area contributed by atoms with E-state index in [1.165, 1.54) is 4.90 Å². The molecule has 1 saturated heterocycles. The van der Waals surface area contributed by atoms with Crippen molar-refractivity contribution in [3.63, 3.8) is 0 Å². The van der Waals surface area contributed by atoms with Crippen molar-refractivity contribution in [1.29, 1.82) is 0 Å². The summed E-state index contributed by atoms with van der Waals surface area (Å²) >= 11 is 6.25. The lowest BCUT2D eigenvalue weighted by Gasteiger charge is -2.44. The monoisotopic (exact) mass is 341 g/mol. The van der Waals surface area contributed by atoms with E-state index in [1.807, 2.05) is 19.9 Å². The number of hydrogen-bond acceptors (Lipinski definition) is 5. The molecule has 1 aliphatic heterocycles. The molecule has 1 atom stereocenters. The summed E-state index contributed by atoms with van der Waals surface area (Å²) in [5, 5.41) is 0.618. The maximum absolute atomic E-state index is 11.6. The maximum Gasteiger partial charge on any atom is 0.248 e. The van der Waals surface area contributed by atoms with E-state index in [1.54, 1.807) is 26.5 Å². The second-order valence-electron chi connectivity index (χ2n) is 6.51. The molecule has 23 heavy (non-hydrogen) atoms. The van der Waals surface area contributed by atoms with Gasteiger partial charge in [-0.2, -0.15) is 0 Å². The third kappa shape index (κ3) is 5.06. The molecule has 2 heterocycles. The number of halogens is 1. The van der Waals surface area contributed by atoms with Gasteiger partial charge in [0.15, 0.2) is 0 Å². The predicted molar refractivity (Wildman–Crippen MR) is 89.9 cm³/mol. The van der Waals surface area contributed by atoms with Gasteiger partial charge in [-0.3, -0.25) is 9.78 Å². The number of ether oxygens (including phenoxy) is 2. The number of carbonyl (C=O) groups is 1. The third-order valence-electron chi connectivity index (χ3n) is 3.60. The SMILES string of the molecule is CN(C)C(=O)COC[C@H]1CN(c2ccncc2Cl)CC(C)(C)O1. The zero-order valence-corrected chi connectivity index (χ0v) is 14.8. The van der Waals surface area contributed by atoms with E-state index in [9.17, 15) is 4.79 Å². The zero-order valence-electron chi connectivity index (χ0n) is 14.1. The van der Waals surface area contributed by atoms with Crippen molar-refractivity contribution >= 4 is 23.2 Å². The summed E-state index contributed by atoms with van der Waals surface area (Å²) in [6, 6.07) is 1.90. The predicted octanol–water partition coefficient (Wildman–Crippen LogP) is 1.82. The Bertz CT molecular complexity index is 551. The van der Waals surface area contributed by atoms with Gasteiger partial charge in [-0.15, -0.1) is 0 Å². The van der Waals surface area contributed by atoms with E-state index in [2.05, 4.69) is 9.88 Å².